The van der Waals surface area contributed by atoms with Crippen LogP contribution in [0, 0.1) is 0 Å². The van der Waals surface area contributed by atoms with Gasteiger partial charge in [-0.15, -0.1) is 11.8 Å². The highest BCUT2D eigenvalue weighted by Gasteiger charge is 2.48. The van der Waals surface area contributed by atoms with Gasteiger partial charge in [0, 0.05) is 0 Å². The summed E-state index contributed by atoms with van der Waals surface area (Å²) < 4.78 is -1.08. The van der Waals surface area contributed by atoms with Crippen molar-refractivity contribution in [2.75, 3.05) is 0 Å². The minimum atomic E-state index is -0.541. The van der Waals surface area contributed by atoms with Crippen molar-refractivity contribution in [3.05, 3.63) is 214 Å². The van der Waals surface area contributed by atoms with E-state index >= 15 is 0 Å². The second-order valence-corrected chi connectivity index (χ2v) is 13.9. The van der Waals surface area contributed by atoms with E-state index < -0.39 is 9.49 Å². The second-order valence-electron chi connectivity index (χ2n) is 12.5. The SMILES string of the molecule is CC(C)c1ccc(C(SC(c2ccccc2)(c2ccccc2)c2ccc(C(C)C)cc2)(c2ccccc2)c2ccccc2)cc1. The van der Waals surface area contributed by atoms with Crippen LogP contribution in [-0.2, 0) is 9.49 Å². The molecule has 0 aromatic heterocycles. The third-order valence-electron chi connectivity index (χ3n) is 9.00. The van der Waals surface area contributed by atoms with Crippen molar-refractivity contribution in [2.45, 2.75) is 49.0 Å². The summed E-state index contributed by atoms with van der Waals surface area (Å²) in [6.07, 6.45) is 0. The van der Waals surface area contributed by atoms with Gasteiger partial charge in [0.2, 0.25) is 0 Å². The summed E-state index contributed by atoms with van der Waals surface area (Å²) in [4.78, 5) is 0. The van der Waals surface area contributed by atoms with Crippen LogP contribution in [0.15, 0.2) is 170 Å². The van der Waals surface area contributed by atoms with Gasteiger partial charge in [0.05, 0.1) is 9.49 Å². The first-order chi connectivity index (χ1) is 21.9. The Labute approximate surface area is 274 Å². The summed E-state index contributed by atoms with van der Waals surface area (Å²) >= 11 is 2.03. The molecule has 0 fully saturated rings. The van der Waals surface area contributed by atoms with Crippen LogP contribution in [0.4, 0.5) is 0 Å². The predicted molar refractivity (Wildman–Crippen MR) is 194 cm³/mol. The van der Waals surface area contributed by atoms with Gasteiger partial charge in [-0.1, -0.05) is 198 Å². The van der Waals surface area contributed by atoms with Crippen LogP contribution in [0.25, 0.3) is 0 Å². The smallest absolute Gasteiger partial charge is 0.0922 e. The normalized spacial score (nSPS) is 12.0. The molecule has 0 atom stereocenters. The molecule has 6 aromatic rings. The number of benzene rings is 6. The van der Waals surface area contributed by atoms with Gasteiger partial charge in [-0.3, -0.25) is 0 Å². The van der Waals surface area contributed by atoms with E-state index in [2.05, 4.69) is 198 Å². The van der Waals surface area contributed by atoms with Crippen molar-refractivity contribution in [2.24, 2.45) is 0 Å². The molecule has 1 heteroatoms. The van der Waals surface area contributed by atoms with Gasteiger partial charge in [0.1, 0.15) is 0 Å². The summed E-state index contributed by atoms with van der Waals surface area (Å²) in [6, 6.07) is 63.1. The number of rotatable bonds is 10. The van der Waals surface area contributed by atoms with Gasteiger partial charge in [-0.05, 0) is 56.3 Å². The second kappa shape index (κ2) is 13.3. The fourth-order valence-electron chi connectivity index (χ4n) is 6.48. The first-order valence-corrected chi connectivity index (χ1v) is 16.9. The molecule has 0 spiro atoms. The lowest BCUT2D eigenvalue weighted by molar-refractivity contribution is 0.821. The third-order valence-corrected chi connectivity index (χ3v) is 11.0. The molecule has 0 nitrogen and oxygen atoms in total. The minimum Gasteiger partial charge on any atom is -0.119 e. The molecule has 0 heterocycles. The predicted octanol–water partition coefficient (Wildman–Crippen LogP) is 12.0. The largest absolute Gasteiger partial charge is 0.119 e. The number of hydrogen-bond acceptors (Lipinski definition) is 1. The van der Waals surface area contributed by atoms with Gasteiger partial charge in [0.15, 0.2) is 0 Å². The molecule has 6 aromatic carbocycles. The zero-order valence-corrected chi connectivity index (χ0v) is 27.5. The molecular weight excluding hydrogens is 561 g/mol. The van der Waals surface area contributed by atoms with Crippen molar-refractivity contribution in [3.8, 4) is 0 Å². The van der Waals surface area contributed by atoms with Crippen molar-refractivity contribution < 1.29 is 0 Å². The van der Waals surface area contributed by atoms with Crippen LogP contribution < -0.4 is 0 Å². The lowest BCUT2D eigenvalue weighted by Gasteiger charge is -2.45. The van der Waals surface area contributed by atoms with Gasteiger partial charge in [0.25, 0.3) is 0 Å². The summed E-state index contributed by atoms with van der Waals surface area (Å²) in [5.41, 5.74) is 10.3. The molecule has 0 saturated heterocycles. The number of thioether (sulfide) groups is 1. The van der Waals surface area contributed by atoms with Crippen molar-refractivity contribution in [3.63, 3.8) is 0 Å². The van der Waals surface area contributed by atoms with E-state index in [0.717, 1.165) is 0 Å². The van der Waals surface area contributed by atoms with Crippen LogP contribution in [0.2, 0.25) is 0 Å². The summed E-state index contributed by atoms with van der Waals surface area (Å²) in [7, 11) is 0. The molecular formula is C44H42S. The first-order valence-electron chi connectivity index (χ1n) is 16.1. The molecule has 6 rings (SSSR count). The molecule has 0 radical (unpaired) electrons. The fraction of sp³-hybridized carbons (Fsp3) is 0.182. The quantitative estimate of drug-likeness (QED) is 0.141. The molecule has 0 aliphatic carbocycles. The molecule has 0 saturated carbocycles. The highest BCUT2D eigenvalue weighted by molar-refractivity contribution is 8.02. The molecule has 0 amide bonds. The summed E-state index contributed by atoms with van der Waals surface area (Å²) in [5, 5.41) is 0. The molecule has 0 aliphatic heterocycles. The topological polar surface area (TPSA) is 0 Å². The molecule has 224 valence electrons. The Kier molecular flexibility index (Phi) is 9.10. The van der Waals surface area contributed by atoms with E-state index in [1.807, 2.05) is 11.8 Å². The van der Waals surface area contributed by atoms with Gasteiger partial charge < -0.3 is 0 Å². The van der Waals surface area contributed by atoms with E-state index in [4.69, 9.17) is 0 Å². The van der Waals surface area contributed by atoms with Crippen molar-refractivity contribution >= 4 is 11.8 Å². The standard InChI is InChI=1S/C44H42S/c1-33(2)35-25-29-41(30-26-35)43(37-17-9-5-10-18-37,38-19-11-6-12-20-38)45-44(39-21-13-7-14-22-39,40-23-15-8-16-24-40)42-31-27-36(28-32-42)34(3)4/h5-34H,1-4H3. The molecule has 0 aliphatic rings. The van der Waals surface area contributed by atoms with E-state index in [0.29, 0.717) is 11.8 Å². The monoisotopic (exact) mass is 602 g/mol. The zero-order chi connectivity index (χ0) is 31.3. The van der Waals surface area contributed by atoms with E-state index in [1.165, 1.54) is 44.5 Å². The van der Waals surface area contributed by atoms with Crippen LogP contribution in [-0.4, -0.2) is 0 Å². The lowest BCUT2D eigenvalue weighted by Crippen LogP contribution is -2.36. The van der Waals surface area contributed by atoms with E-state index in [1.54, 1.807) is 0 Å². The average molecular weight is 603 g/mol. The Hall–Kier alpha value is -4.33. The molecule has 0 unspecified atom stereocenters. The Morgan fingerprint density at radius 2 is 0.533 bits per heavy atom. The van der Waals surface area contributed by atoms with Crippen molar-refractivity contribution in [1.29, 1.82) is 0 Å². The van der Waals surface area contributed by atoms with Crippen LogP contribution >= 0.6 is 11.8 Å². The third kappa shape index (κ3) is 5.90. The van der Waals surface area contributed by atoms with Gasteiger partial charge in [-0.2, -0.15) is 0 Å². The average Bonchev–Trinajstić information content (AvgIpc) is 3.11. The van der Waals surface area contributed by atoms with Gasteiger partial charge >= 0.3 is 0 Å². The molecule has 0 N–H and O–H groups in total. The Balaban J connectivity index is 1.74. The maximum Gasteiger partial charge on any atom is 0.0922 e. The summed E-state index contributed by atoms with van der Waals surface area (Å²) in [6.45, 7) is 9.06. The summed E-state index contributed by atoms with van der Waals surface area (Å²) in [5.74, 6) is 0.920. The molecule has 0 bridgehead atoms. The molecule has 45 heavy (non-hydrogen) atoms. The van der Waals surface area contributed by atoms with Crippen LogP contribution in [0.3, 0.4) is 0 Å². The first kappa shape index (κ1) is 30.7. The minimum absolute atomic E-state index is 0.460. The van der Waals surface area contributed by atoms with E-state index in [9.17, 15) is 0 Å². The van der Waals surface area contributed by atoms with E-state index in [-0.39, 0.29) is 0 Å². The highest BCUT2D eigenvalue weighted by atomic mass is 32.2. The zero-order valence-electron chi connectivity index (χ0n) is 26.7. The van der Waals surface area contributed by atoms with Gasteiger partial charge in [-0.25, -0.2) is 0 Å². The Morgan fingerprint density at radius 1 is 0.311 bits per heavy atom. The lowest BCUT2D eigenvalue weighted by atomic mass is 9.82. The van der Waals surface area contributed by atoms with Crippen LogP contribution in [0.1, 0.15) is 84.0 Å². The van der Waals surface area contributed by atoms with Crippen LogP contribution in [0.5, 0.6) is 0 Å². The maximum absolute atomic E-state index is 2.37. The van der Waals surface area contributed by atoms with Crippen molar-refractivity contribution in [1.82, 2.24) is 0 Å². The Bertz CT molecular complexity index is 1560. The number of hydrogen-bond donors (Lipinski definition) is 0. The Morgan fingerprint density at radius 3 is 0.756 bits per heavy atom. The fourth-order valence-corrected chi connectivity index (χ4v) is 8.46. The highest BCUT2D eigenvalue weighted by Crippen LogP contribution is 2.61. The maximum atomic E-state index is 2.37.